The molecule has 15 heavy (non-hydrogen) atoms. The standard InChI is InChI=1S/C8H8N4O3/c1-5-4-6(15-12-5)11-8(14)7(13)10-3-2-9/h4H,3H2,1H3,(H,10,13)(H,11,14). The van der Waals surface area contributed by atoms with E-state index in [-0.39, 0.29) is 12.4 Å². The zero-order valence-electron chi connectivity index (χ0n) is 7.90. The van der Waals surface area contributed by atoms with Crippen molar-refractivity contribution in [2.45, 2.75) is 6.92 Å². The summed E-state index contributed by atoms with van der Waals surface area (Å²) in [6, 6.07) is 3.14. The third-order valence-corrected chi connectivity index (χ3v) is 1.40. The molecule has 1 aromatic heterocycles. The molecule has 0 atom stereocenters. The number of nitriles is 1. The van der Waals surface area contributed by atoms with Gasteiger partial charge in [0.1, 0.15) is 6.54 Å². The highest BCUT2D eigenvalue weighted by molar-refractivity contribution is 6.39. The summed E-state index contributed by atoms with van der Waals surface area (Å²) in [4.78, 5) is 22.1. The first-order valence-corrected chi connectivity index (χ1v) is 4.03. The van der Waals surface area contributed by atoms with Gasteiger partial charge in [-0.15, -0.1) is 0 Å². The number of aromatic nitrogens is 1. The zero-order chi connectivity index (χ0) is 11.3. The molecular weight excluding hydrogens is 200 g/mol. The number of carbonyl (C=O) groups excluding carboxylic acids is 2. The zero-order valence-corrected chi connectivity index (χ0v) is 7.90. The molecule has 78 valence electrons. The third kappa shape index (κ3) is 3.11. The van der Waals surface area contributed by atoms with Crippen molar-refractivity contribution in [2.24, 2.45) is 0 Å². The number of amides is 2. The Hall–Kier alpha value is -2.36. The van der Waals surface area contributed by atoms with Gasteiger partial charge in [-0.2, -0.15) is 5.26 Å². The van der Waals surface area contributed by atoms with Gasteiger partial charge in [-0.3, -0.25) is 14.9 Å². The van der Waals surface area contributed by atoms with E-state index in [0.29, 0.717) is 5.69 Å². The molecule has 7 heteroatoms. The lowest BCUT2D eigenvalue weighted by Gasteiger charge is -1.99. The van der Waals surface area contributed by atoms with Gasteiger partial charge in [0, 0.05) is 6.07 Å². The van der Waals surface area contributed by atoms with Crippen LogP contribution in [0.1, 0.15) is 5.69 Å². The van der Waals surface area contributed by atoms with Crippen molar-refractivity contribution in [1.29, 1.82) is 5.26 Å². The van der Waals surface area contributed by atoms with Crippen LogP contribution in [0.25, 0.3) is 0 Å². The van der Waals surface area contributed by atoms with E-state index in [4.69, 9.17) is 5.26 Å². The van der Waals surface area contributed by atoms with E-state index >= 15 is 0 Å². The van der Waals surface area contributed by atoms with Crippen molar-refractivity contribution >= 4 is 17.7 Å². The SMILES string of the molecule is Cc1cc(NC(=O)C(=O)NCC#N)on1. The number of nitrogens with one attached hydrogen (secondary N) is 2. The molecule has 0 saturated heterocycles. The smallest absolute Gasteiger partial charge is 0.316 e. The number of rotatable bonds is 2. The van der Waals surface area contributed by atoms with E-state index in [1.807, 2.05) is 0 Å². The fourth-order valence-corrected chi connectivity index (χ4v) is 0.791. The van der Waals surface area contributed by atoms with Crippen LogP contribution in [0.4, 0.5) is 5.88 Å². The predicted octanol–water partition coefficient (Wildman–Crippen LogP) is -0.439. The van der Waals surface area contributed by atoms with E-state index < -0.39 is 11.8 Å². The summed E-state index contributed by atoms with van der Waals surface area (Å²) in [5.41, 5.74) is 0.586. The Balaban J connectivity index is 2.49. The summed E-state index contributed by atoms with van der Waals surface area (Å²) in [5, 5.41) is 15.9. The van der Waals surface area contributed by atoms with Crippen LogP contribution in [-0.4, -0.2) is 23.5 Å². The van der Waals surface area contributed by atoms with Crippen molar-refractivity contribution < 1.29 is 14.1 Å². The van der Waals surface area contributed by atoms with Crippen molar-refractivity contribution in [3.63, 3.8) is 0 Å². The first kappa shape index (κ1) is 10.7. The Kier molecular flexibility index (Phi) is 3.40. The van der Waals surface area contributed by atoms with Gasteiger partial charge in [0.25, 0.3) is 0 Å². The number of hydrogen-bond acceptors (Lipinski definition) is 5. The molecule has 0 unspecified atom stereocenters. The summed E-state index contributed by atoms with van der Waals surface area (Å²) in [6.07, 6.45) is 0. The van der Waals surface area contributed by atoms with Crippen LogP contribution in [0.3, 0.4) is 0 Å². The number of anilines is 1. The molecule has 1 heterocycles. The average Bonchev–Trinajstić information content (AvgIpc) is 2.60. The minimum atomic E-state index is -0.901. The number of hydrogen-bond donors (Lipinski definition) is 2. The van der Waals surface area contributed by atoms with Crippen LogP contribution in [0.15, 0.2) is 10.6 Å². The third-order valence-electron chi connectivity index (χ3n) is 1.40. The lowest BCUT2D eigenvalue weighted by atomic mass is 10.4. The molecule has 7 nitrogen and oxygen atoms in total. The number of nitrogens with zero attached hydrogens (tertiary/aromatic N) is 2. The number of carbonyl (C=O) groups is 2. The second kappa shape index (κ2) is 4.76. The Morgan fingerprint density at radius 2 is 2.33 bits per heavy atom. The highest BCUT2D eigenvalue weighted by Crippen LogP contribution is 2.07. The van der Waals surface area contributed by atoms with Gasteiger partial charge < -0.3 is 9.84 Å². The molecule has 0 fully saturated rings. The van der Waals surface area contributed by atoms with Gasteiger partial charge >= 0.3 is 11.8 Å². The Labute approximate surface area is 85.0 Å². The number of aryl methyl sites for hydroxylation is 1. The topological polar surface area (TPSA) is 108 Å². The molecular formula is C8H8N4O3. The van der Waals surface area contributed by atoms with Gasteiger partial charge in [0.15, 0.2) is 0 Å². The Morgan fingerprint density at radius 3 is 2.87 bits per heavy atom. The fourth-order valence-electron chi connectivity index (χ4n) is 0.791. The lowest BCUT2D eigenvalue weighted by molar-refractivity contribution is -0.136. The molecule has 0 aromatic carbocycles. The summed E-state index contributed by atoms with van der Waals surface area (Å²) < 4.78 is 4.66. The second-order valence-corrected chi connectivity index (χ2v) is 2.63. The minimum absolute atomic E-state index is 0.0876. The van der Waals surface area contributed by atoms with E-state index in [1.165, 1.54) is 6.07 Å². The highest BCUT2D eigenvalue weighted by atomic mass is 16.5. The summed E-state index contributed by atoms with van der Waals surface area (Å²) in [7, 11) is 0. The maximum absolute atomic E-state index is 11.1. The molecule has 0 spiro atoms. The summed E-state index contributed by atoms with van der Waals surface area (Å²) >= 11 is 0. The largest absolute Gasteiger partial charge is 0.338 e. The van der Waals surface area contributed by atoms with Crippen LogP contribution >= 0.6 is 0 Å². The monoisotopic (exact) mass is 208 g/mol. The maximum Gasteiger partial charge on any atom is 0.316 e. The van der Waals surface area contributed by atoms with Crippen LogP contribution in [-0.2, 0) is 9.59 Å². The van der Waals surface area contributed by atoms with Crippen LogP contribution < -0.4 is 10.6 Å². The van der Waals surface area contributed by atoms with Gasteiger partial charge in [-0.05, 0) is 6.92 Å². The van der Waals surface area contributed by atoms with E-state index in [1.54, 1.807) is 13.0 Å². The summed E-state index contributed by atoms with van der Waals surface area (Å²) in [5.74, 6) is -1.71. The maximum atomic E-state index is 11.1. The van der Waals surface area contributed by atoms with Crippen LogP contribution in [0.2, 0.25) is 0 Å². The minimum Gasteiger partial charge on any atom is -0.338 e. The molecule has 0 saturated carbocycles. The molecule has 0 aliphatic rings. The molecule has 0 radical (unpaired) electrons. The van der Waals surface area contributed by atoms with Crippen molar-refractivity contribution in [3.8, 4) is 6.07 Å². The normalized spacial score (nSPS) is 9.07. The first-order chi connectivity index (χ1) is 7.13. The van der Waals surface area contributed by atoms with Gasteiger partial charge in [0.05, 0.1) is 11.8 Å². The molecule has 1 rings (SSSR count). The molecule has 0 aliphatic carbocycles. The van der Waals surface area contributed by atoms with Gasteiger partial charge in [-0.1, -0.05) is 5.16 Å². The second-order valence-electron chi connectivity index (χ2n) is 2.63. The first-order valence-electron chi connectivity index (χ1n) is 4.03. The van der Waals surface area contributed by atoms with Crippen LogP contribution in [0, 0.1) is 18.3 Å². The fraction of sp³-hybridized carbons (Fsp3) is 0.250. The predicted molar refractivity (Wildman–Crippen MR) is 48.5 cm³/mol. The lowest BCUT2D eigenvalue weighted by Crippen LogP contribution is -2.35. The Bertz CT molecular complexity index is 418. The van der Waals surface area contributed by atoms with Crippen molar-refractivity contribution in [2.75, 3.05) is 11.9 Å². The van der Waals surface area contributed by atoms with E-state index in [0.717, 1.165) is 0 Å². The van der Waals surface area contributed by atoms with Gasteiger partial charge in [0.2, 0.25) is 5.88 Å². The van der Waals surface area contributed by atoms with E-state index in [2.05, 4.69) is 20.3 Å². The van der Waals surface area contributed by atoms with Crippen molar-refractivity contribution in [1.82, 2.24) is 10.5 Å². The Morgan fingerprint density at radius 1 is 1.60 bits per heavy atom. The van der Waals surface area contributed by atoms with Crippen molar-refractivity contribution in [3.05, 3.63) is 11.8 Å². The molecule has 2 amide bonds. The quantitative estimate of drug-likeness (QED) is 0.506. The highest BCUT2D eigenvalue weighted by Gasteiger charge is 2.14. The average molecular weight is 208 g/mol. The molecule has 0 bridgehead atoms. The van der Waals surface area contributed by atoms with E-state index in [9.17, 15) is 9.59 Å². The van der Waals surface area contributed by atoms with Gasteiger partial charge in [-0.25, -0.2) is 0 Å². The molecule has 1 aromatic rings. The summed E-state index contributed by atoms with van der Waals surface area (Å²) in [6.45, 7) is 1.45. The molecule has 0 aliphatic heterocycles. The van der Waals surface area contributed by atoms with Crippen LogP contribution in [0.5, 0.6) is 0 Å². The molecule has 2 N–H and O–H groups in total.